The number of fused-ring (bicyclic) bond motifs is 3. The summed E-state index contributed by atoms with van der Waals surface area (Å²) in [7, 11) is 3.97. The van der Waals surface area contributed by atoms with E-state index in [0.717, 1.165) is 39.2 Å². The van der Waals surface area contributed by atoms with Gasteiger partial charge in [-0.1, -0.05) is 28.1 Å². The fraction of sp³-hybridized carbons (Fsp3) is 0.286. The predicted molar refractivity (Wildman–Crippen MR) is 122 cm³/mol. The second kappa shape index (κ2) is 8.61. The first-order valence-corrected chi connectivity index (χ1v) is 11.0. The number of thiophene rings is 1. The van der Waals surface area contributed by atoms with Gasteiger partial charge in [0.05, 0.1) is 11.9 Å². The van der Waals surface area contributed by atoms with Crippen LogP contribution >= 0.6 is 27.3 Å². The molecule has 1 amide bonds. The maximum atomic E-state index is 12.5. The number of nitrogens with zero attached hydrogens (tertiary/aromatic N) is 4. The molecule has 6 nitrogen and oxygen atoms in total. The number of amides is 1. The molecule has 4 rings (SSSR count). The highest BCUT2D eigenvalue weighted by Crippen LogP contribution is 2.38. The average molecular weight is 472 g/mol. The number of hydrogen-bond acceptors (Lipinski definition) is 6. The van der Waals surface area contributed by atoms with Crippen molar-refractivity contribution in [1.82, 2.24) is 19.8 Å². The summed E-state index contributed by atoms with van der Waals surface area (Å²) in [5.41, 5.74) is 2.22. The monoisotopic (exact) mass is 471 g/mol. The number of carbonyl (C=O) groups is 1. The number of aromatic nitrogens is 2. The molecule has 0 fully saturated rings. The van der Waals surface area contributed by atoms with E-state index in [1.807, 2.05) is 54.2 Å². The second-order valence-electron chi connectivity index (χ2n) is 7.22. The third-order valence-electron chi connectivity index (χ3n) is 4.77. The van der Waals surface area contributed by atoms with E-state index in [4.69, 9.17) is 0 Å². The van der Waals surface area contributed by atoms with Crippen molar-refractivity contribution in [2.45, 2.75) is 13.0 Å². The van der Waals surface area contributed by atoms with E-state index in [-0.39, 0.29) is 5.91 Å². The van der Waals surface area contributed by atoms with Crippen molar-refractivity contribution in [1.29, 1.82) is 0 Å². The first kappa shape index (κ1) is 20.0. The molecule has 0 saturated heterocycles. The molecule has 2 aromatic heterocycles. The molecule has 1 aliphatic rings. The van der Waals surface area contributed by atoms with Crippen LogP contribution < -0.4 is 5.32 Å². The van der Waals surface area contributed by atoms with Gasteiger partial charge in [0.25, 0.3) is 0 Å². The van der Waals surface area contributed by atoms with Crippen LogP contribution in [0.25, 0.3) is 10.2 Å². The molecule has 0 unspecified atom stereocenters. The number of likely N-dealkylation sites (N-methyl/N-ethyl adjacent to an activating group) is 1. The van der Waals surface area contributed by atoms with E-state index < -0.39 is 0 Å². The number of anilines is 2. The van der Waals surface area contributed by atoms with Gasteiger partial charge >= 0.3 is 0 Å². The van der Waals surface area contributed by atoms with Crippen molar-refractivity contribution >= 4 is 54.9 Å². The Morgan fingerprint density at radius 1 is 1.38 bits per heavy atom. The topological polar surface area (TPSA) is 61.4 Å². The molecule has 0 bridgehead atoms. The van der Waals surface area contributed by atoms with Gasteiger partial charge in [-0.05, 0) is 44.3 Å². The van der Waals surface area contributed by atoms with Gasteiger partial charge in [0.2, 0.25) is 5.91 Å². The lowest BCUT2D eigenvalue weighted by molar-refractivity contribution is -0.126. The van der Waals surface area contributed by atoms with Crippen molar-refractivity contribution in [3.05, 3.63) is 57.7 Å². The first-order chi connectivity index (χ1) is 14.0. The lowest BCUT2D eigenvalue weighted by Crippen LogP contribution is -2.34. The lowest BCUT2D eigenvalue weighted by atomic mass is 10.0. The van der Waals surface area contributed by atoms with E-state index in [2.05, 4.69) is 31.2 Å². The number of hydrogen-bond donors (Lipinski definition) is 1. The van der Waals surface area contributed by atoms with Gasteiger partial charge in [-0.2, -0.15) is 0 Å². The van der Waals surface area contributed by atoms with Crippen LogP contribution in [0.3, 0.4) is 0 Å². The maximum Gasteiger partial charge on any atom is 0.246 e. The second-order valence-corrected chi connectivity index (χ2v) is 9.22. The molecule has 8 heteroatoms. The molecule has 0 saturated carbocycles. The van der Waals surface area contributed by atoms with Gasteiger partial charge in [0.1, 0.15) is 17.0 Å². The van der Waals surface area contributed by atoms with E-state index in [0.29, 0.717) is 13.1 Å². The van der Waals surface area contributed by atoms with Crippen molar-refractivity contribution in [3.63, 3.8) is 0 Å². The summed E-state index contributed by atoms with van der Waals surface area (Å²) in [6.45, 7) is 2.08. The number of carbonyl (C=O) groups excluding carboxylic acids is 1. The molecule has 3 aromatic rings. The van der Waals surface area contributed by atoms with Gasteiger partial charge in [0.15, 0.2) is 0 Å². The molecule has 0 spiro atoms. The molecular formula is C21H22BrN5OS. The van der Waals surface area contributed by atoms with Crippen LogP contribution in [0, 0.1) is 0 Å². The van der Waals surface area contributed by atoms with Crippen molar-refractivity contribution in [2.75, 3.05) is 32.5 Å². The highest BCUT2D eigenvalue weighted by molar-refractivity contribution is 9.10. The van der Waals surface area contributed by atoms with Gasteiger partial charge in [-0.3, -0.25) is 4.79 Å². The maximum absolute atomic E-state index is 12.5. The van der Waals surface area contributed by atoms with Crippen LogP contribution in [0.2, 0.25) is 0 Å². The zero-order valence-electron chi connectivity index (χ0n) is 16.4. The summed E-state index contributed by atoms with van der Waals surface area (Å²) < 4.78 is 1.01. The Labute approximate surface area is 182 Å². The van der Waals surface area contributed by atoms with Crippen LogP contribution in [0.15, 0.2) is 47.2 Å². The lowest BCUT2D eigenvalue weighted by Gasteiger charge is -2.26. The third-order valence-corrected chi connectivity index (χ3v) is 6.38. The van der Waals surface area contributed by atoms with Gasteiger partial charge in [0, 0.05) is 34.2 Å². The van der Waals surface area contributed by atoms with Gasteiger partial charge < -0.3 is 15.1 Å². The number of nitrogens with one attached hydrogen (secondary N) is 1. The van der Waals surface area contributed by atoms with Gasteiger partial charge in [-0.25, -0.2) is 9.97 Å². The van der Waals surface area contributed by atoms with Crippen LogP contribution in [-0.2, 0) is 17.8 Å². The number of rotatable bonds is 5. The molecule has 150 valence electrons. The molecule has 1 aromatic carbocycles. The van der Waals surface area contributed by atoms with Crippen molar-refractivity contribution < 1.29 is 4.79 Å². The highest BCUT2D eigenvalue weighted by Gasteiger charge is 2.25. The molecule has 1 N–H and O–H groups in total. The van der Waals surface area contributed by atoms with E-state index >= 15 is 0 Å². The molecule has 0 atom stereocenters. The van der Waals surface area contributed by atoms with Crippen molar-refractivity contribution in [2.24, 2.45) is 0 Å². The van der Waals surface area contributed by atoms with E-state index in [1.54, 1.807) is 23.7 Å². The molecule has 3 heterocycles. The van der Waals surface area contributed by atoms with Crippen molar-refractivity contribution in [3.8, 4) is 0 Å². The minimum atomic E-state index is 0.0634. The molecule has 0 radical (unpaired) electrons. The SMILES string of the molecule is CN(C)CC=CC(=O)N1CCc2c(sc3ncnc(Nc4cccc(Br)c4)c23)C1. The largest absolute Gasteiger partial charge is 0.340 e. The normalized spacial score (nSPS) is 14.0. The fourth-order valence-electron chi connectivity index (χ4n) is 3.38. The highest BCUT2D eigenvalue weighted by atomic mass is 79.9. The Hall–Kier alpha value is -2.29. The van der Waals surface area contributed by atoms with E-state index in [9.17, 15) is 4.79 Å². The molecular weight excluding hydrogens is 450 g/mol. The third kappa shape index (κ3) is 4.49. The average Bonchev–Trinajstić information content (AvgIpc) is 3.06. The van der Waals surface area contributed by atoms with Gasteiger partial charge in [-0.15, -0.1) is 11.3 Å². The summed E-state index contributed by atoms with van der Waals surface area (Å²) in [5.74, 6) is 0.879. The Morgan fingerprint density at radius 3 is 3.03 bits per heavy atom. The minimum absolute atomic E-state index is 0.0634. The Kier molecular flexibility index (Phi) is 5.94. The minimum Gasteiger partial charge on any atom is -0.340 e. The Morgan fingerprint density at radius 2 is 2.24 bits per heavy atom. The van der Waals surface area contributed by atoms with Crippen LogP contribution in [0.5, 0.6) is 0 Å². The summed E-state index contributed by atoms with van der Waals surface area (Å²) in [6, 6.07) is 8.01. The number of benzene rings is 1. The summed E-state index contributed by atoms with van der Waals surface area (Å²) in [5, 5.41) is 4.50. The molecule has 1 aliphatic heterocycles. The standard InChI is InChI=1S/C21H22BrN5OS/c1-26(2)9-4-7-18(28)27-10-8-16-17(12-27)29-21-19(16)20(23-13-24-21)25-15-6-3-5-14(22)11-15/h3-7,11,13H,8-10,12H2,1-2H3,(H,23,24,25). The quantitative estimate of drug-likeness (QED) is 0.564. The predicted octanol–water partition coefficient (Wildman–Crippen LogP) is 4.20. The summed E-state index contributed by atoms with van der Waals surface area (Å²) >= 11 is 5.16. The summed E-state index contributed by atoms with van der Waals surface area (Å²) in [6.07, 6.45) is 5.99. The summed E-state index contributed by atoms with van der Waals surface area (Å²) in [4.78, 5) is 27.6. The number of halogens is 1. The zero-order valence-corrected chi connectivity index (χ0v) is 18.8. The zero-order chi connectivity index (χ0) is 20.4. The van der Waals surface area contributed by atoms with E-state index in [1.165, 1.54) is 10.4 Å². The Balaban J connectivity index is 1.59. The van der Waals surface area contributed by atoms with Crippen LogP contribution in [0.1, 0.15) is 10.4 Å². The molecule has 0 aliphatic carbocycles. The Bertz CT molecular complexity index is 1080. The smallest absolute Gasteiger partial charge is 0.246 e. The van der Waals surface area contributed by atoms with Crippen LogP contribution in [-0.4, -0.2) is 52.9 Å². The molecule has 29 heavy (non-hydrogen) atoms. The first-order valence-electron chi connectivity index (χ1n) is 9.39. The van der Waals surface area contributed by atoms with Crippen LogP contribution in [0.4, 0.5) is 11.5 Å². The fourth-order valence-corrected chi connectivity index (χ4v) is 4.99.